The SMILES string of the molecule is COC(=O)C(CC#Cc1ccccc1)NS(=O)(=O)c1ccc(NC(=O)N2CCOCC2)cc1. The number of carbonyl (C=O) groups excluding carboxylic acids is 2. The first-order valence-corrected chi connectivity index (χ1v) is 11.7. The third-order valence-electron chi connectivity index (χ3n) is 4.81. The molecule has 1 unspecified atom stereocenters. The van der Waals surface area contributed by atoms with E-state index in [4.69, 9.17) is 9.47 Å². The number of anilines is 1. The molecule has 9 nitrogen and oxygen atoms in total. The zero-order valence-corrected chi connectivity index (χ0v) is 18.9. The molecule has 1 fully saturated rings. The van der Waals surface area contributed by atoms with Gasteiger partial charge >= 0.3 is 12.0 Å². The Balaban J connectivity index is 1.65. The lowest BCUT2D eigenvalue weighted by Gasteiger charge is -2.26. The van der Waals surface area contributed by atoms with Crippen molar-refractivity contribution in [2.75, 3.05) is 38.7 Å². The van der Waals surface area contributed by atoms with Gasteiger partial charge in [0.05, 0.1) is 25.2 Å². The summed E-state index contributed by atoms with van der Waals surface area (Å²) in [5, 5.41) is 2.73. The van der Waals surface area contributed by atoms with Crippen LogP contribution in [0.25, 0.3) is 0 Å². The third-order valence-corrected chi connectivity index (χ3v) is 6.30. The molecule has 0 radical (unpaired) electrons. The van der Waals surface area contributed by atoms with Crippen molar-refractivity contribution in [1.29, 1.82) is 0 Å². The normalized spacial score (nSPS) is 14.5. The van der Waals surface area contributed by atoms with Gasteiger partial charge in [-0.25, -0.2) is 13.2 Å². The number of esters is 1. The molecule has 0 bridgehead atoms. The van der Waals surface area contributed by atoms with Gasteiger partial charge in [0, 0.05) is 30.8 Å². The van der Waals surface area contributed by atoms with Crippen LogP contribution in [0.15, 0.2) is 59.5 Å². The van der Waals surface area contributed by atoms with Gasteiger partial charge in [0.2, 0.25) is 10.0 Å². The molecule has 1 aliphatic heterocycles. The molecule has 1 saturated heterocycles. The molecule has 0 aromatic heterocycles. The summed E-state index contributed by atoms with van der Waals surface area (Å²) < 4.78 is 37.9. The lowest BCUT2D eigenvalue weighted by molar-refractivity contribution is -0.142. The van der Waals surface area contributed by atoms with Crippen molar-refractivity contribution >= 4 is 27.7 Å². The van der Waals surface area contributed by atoms with Gasteiger partial charge in [-0.05, 0) is 36.4 Å². The summed E-state index contributed by atoms with van der Waals surface area (Å²) in [5.74, 6) is 4.96. The fourth-order valence-corrected chi connectivity index (χ4v) is 4.22. The van der Waals surface area contributed by atoms with Crippen molar-refractivity contribution in [2.24, 2.45) is 0 Å². The van der Waals surface area contributed by atoms with Gasteiger partial charge in [0.25, 0.3) is 0 Å². The Hall–Kier alpha value is -3.39. The number of rotatable bonds is 6. The standard InChI is InChI=1S/C23H25N3O6S/c1-31-22(27)21(9-5-8-18-6-3-2-4-7-18)25-33(29,30)20-12-10-19(11-13-20)24-23(28)26-14-16-32-17-15-26/h2-4,6-7,10-13,21,25H,9,14-17H2,1H3,(H,24,28). The number of nitrogens with zero attached hydrogens (tertiary/aromatic N) is 1. The van der Waals surface area contributed by atoms with Crippen LogP contribution < -0.4 is 10.0 Å². The van der Waals surface area contributed by atoms with Gasteiger partial charge < -0.3 is 19.7 Å². The van der Waals surface area contributed by atoms with E-state index in [-0.39, 0.29) is 17.3 Å². The first-order valence-electron chi connectivity index (χ1n) is 10.3. The van der Waals surface area contributed by atoms with E-state index in [9.17, 15) is 18.0 Å². The maximum absolute atomic E-state index is 12.8. The molecule has 0 saturated carbocycles. The molecule has 174 valence electrons. The number of ether oxygens (including phenoxy) is 2. The van der Waals surface area contributed by atoms with Gasteiger partial charge in [-0.15, -0.1) is 0 Å². The topological polar surface area (TPSA) is 114 Å². The predicted molar refractivity (Wildman–Crippen MR) is 122 cm³/mol. The minimum absolute atomic E-state index is 0.0585. The molecular formula is C23H25N3O6S. The van der Waals surface area contributed by atoms with E-state index in [1.54, 1.807) is 4.90 Å². The summed E-state index contributed by atoms with van der Waals surface area (Å²) in [7, 11) is -2.85. The van der Waals surface area contributed by atoms with Gasteiger partial charge in [-0.2, -0.15) is 4.72 Å². The van der Waals surface area contributed by atoms with Crippen LogP contribution in [0.1, 0.15) is 12.0 Å². The minimum Gasteiger partial charge on any atom is -0.468 e. The molecule has 3 rings (SSSR count). The van der Waals surface area contributed by atoms with Crippen LogP contribution in [0.2, 0.25) is 0 Å². The number of nitrogens with one attached hydrogen (secondary N) is 2. The van der Waals surface area contributed by atoms with Crippen molar-refractivity contribution in [3.63, 3.8) is 0 Å². The maximum Gasteiger partial charge on any atom is 0.324 e. The molecule has 33 heavy (non-hydrogen) atoms. The lowest BCUT2D eigenvalue weighted by atomic mass is 10.2. The second-order valence-corrected chi connectivity index (χ2v) is 8.84. The van der Waals surface area contributed by atoms with Crippen LogP contribution in [0.5, 0.6) is 0 Å². The highest BCUT2D eigenvalue weighted by molar-refractivity contribution is 7.89. The summed E-state index contributed by atoms with van der Waals surface area (Å²) in [6.45, 7) is 1.94. The van der Waals surface area contributed by atoms with E-state index >= 15 is 0 Å². The summed E-state index contributed by atoms with van der Waals surface area (Å²) in [6, 6.07) is 13.3. The fourth-order valence-electron chi connectivity index (χ4n) is 3.03. The number of amides is 2. The van der Waals surface area contributed by atoms with Crippen molar-refractivity contribution in [3.05, 3.63) is 60.2 Å². The fraction of sp³-hybridized carbons (Fsp3) is 0.304. The Morgan fingerprint density at radius 3 is 2.39 bits per heavy atom. The average molecular weight is 472 g/mol. The first kappa shape index (κ1) is 24.3. The molecule has 1 aliphatic rings. The van der Waals surface area contributed by atoms with Gasteiger partial charge in [-0.3, -0.25) is 4.79 Å². The number of carbonyl (C=O) groups is 2. The number of hydrogen-bond acceptors (Lipinski definition) is 6. The van der Waals surface area contributed by atoms with Crippen LogP contribution in [0.4, 0.5) is 10.5 Å². The Kier molecular flexibility index (Phi) is 8.43. The van der Waals surface area contributed by atoms with Crippen LogP contribution in [0.3, 0.4) is 0 Å². The molecule has 10 heteroatoms. The van der Waals surface area contributed by atoms with Crippen molar-refractivity contribution in [1.82, 2.24) is 9.62 Å². The second-order valence-electron chi connectivity index (χ2n) is 7.12. The molecular weight excluding hydrogens is 446 g/mol. The first-order chi connectivity index (χ1) is 15.9. The summed E-state index contributed by atoms with van der Waals surface area (Å²) in [4.78, 5) is 25.9. The summed E-state index contributed by atoms with van der Waals surface area (Å²) >= 11 is 0. The summed E-state index contributed by atoms with van der Waals surface area (Å²) in [5.41, 5.74) is 1.20. The Morgan fingerprint density at radius 1 is 1.09 bits per heavy atom. The quantitative estimate of drug-likeness (QED) is 0.491. The zero-order chi connectivity index (χ0) is 23.7. The van der Waals surface area contributed by atoms with Crippen LogP contribution >= 0.6 is 0 Å². The number of morpholine rings is 1. The Bertz CT molecular complexity index is 1120. The molecule has 2 aromatic carbocycles. The molecule has 1 heterocycles. The average Bonchev–Trinajstić information content (AvgIpc) is 2.84. The van der Waals surface area contributed by atoms with Crippen molar-refractivity contribution in [2.45, 2.75) is 17.4 Å². The second kappa shape index (κ2) is 11.5. The lowest BCUT2D eigenvalue weighted by Crippen LogP contribution is -2.43. The minimum atomic E-state index is -4.03. The van der Waals surface area contributed by atoms with E-state index < -0.39 is 22.0 Å². The summed E-state index contributed by atoms with van der Waals surface area (Å²) in [6.07, 6.45) is -0.0610. The maximum atomic E-state index is 12.8. The van der Waals surface area contributed by atoms with Gasteiger partial charge in [-0.1, -0.05) is 30.0 Å². The largest absolute Gasteiger partial charge is 0.468 e. The Labute approximate surface area is 193 Å². The molecule has 2 aromatic rings. The van der Waals surface area contributed by atoms with Crippen molar-refractivity contribution < 1.29 is 27.5 Å². The highest BCUT2D eigenvalue weighted by Crippen LogP contribution is 2.16. The number of sulfonamides is 1. The van der Waals surface area contributed by atoms with Gasteiger partial charge in [0.15, 0.2) is 0 Å². The molecule has 1 atom stereocenters. The number of benzene rings is 2. The van der Waals surface area contributed by atoms with Crippen molar-refractivity contribution in [3.8, 4) is 11.8 Å². The van der Waals surface area contributed by atoms with E-state index in [0.717, 1.165) is 5.56 Å². The van der Waals surface area contributed by atoms with Crippen LogP contribution in [0, 0.1) is 11.8 Å². The van der Waals surface area contributed by atoms with E-state index in [1.165, 1.54) is 31.4 Å². The predicted octanol–water partition coefficient (Wildman–Crippen LogP) is 1.81. The monoisotopic (exact) mass is 471 g/mol. The number of methoxy groups -OCH3 is 1. The van der Waals surface area contributed by atoms with Crippen LogP contribution in [-0.4, -0.2) is 64.8 Å². The van der Waals surface area contributed by atoms with Gasteiger partial charge in [0.1, 0.15) is 6.04 Å². The molecule has 0 aliphatic carbocycles. The van der Waals surface area contributed by atoms with Crippen LogP contribution in [-0.2, 0) is 24.3 Å². The van der Waals surface area contributed by atoms with E-state index in [2.05, 4.69) is 21.9 Å². The molecule has 2 amide bonds. The smallest absolute Gasteiger partial charge is 0.324 e. The number of hydrogen-bond donors (Lipinski definition) is 2. The number of urea groups is 1. The van der Waals surface area contributed by atoms with E-state index in [0.29, 0.717) is 32.0 Å². The highest BCUT2D eigenvalue weighted by Gasteiger charge is 2.26. The third kappa shape index (κ3) is 7.05. The van der Waals surface area contributed by atoms with E-state index in [1.807, 2.05) is 30.3 Å². The molecule has 2 N–H and O–H groups in total. The molecule has 0 spiro atoms. The zero-order valence-electron chi connectivity index (χ0n) is 18.1. The Morgan fingerprint density at radius 2 is 1.76 bits per heavy atom. The highest BCUT2D eigenvalue weighted by atomic mass is 32.2.